The summed E-state index contributed by atoms with van der Waals surface area (Å²) in [6, 6.07) is 8.64. The number of halogens is 6. The topological polar surface area (TPSA) is 155 Å². The van der Waals surface area contributed by atoms with Gasteiger partial charge in [-0.25, -0.2) is 32.9 Å². The van der Waals surface area contributed by atoms with E-state index in [-0.39, 0.29) is 22.2 Å². The van der Waals surface area contributed by atoms with E-state index in [1.165, 1.54) is 19.4 Å². The van der Waals surface area contributed by atoms with Crippen LogP contribution in [0, 0.1) is 0 Å². The first-order valence-corrected chi connectivity index (χ1v) is 12.8. The largest absolute Gasteiger partial charge is 0.490 e. The minimum atomic E-state index is -5.08. The number of aromatic nitrogens is 3. The normalized spacial score (nSPS) is 11.9. The minimum absolute atomic E-state index is 0.0235. The molecule has 0 bridgehead atoms. The van der Waals surface area contributed by atoms with Crippen LogP contribution in [0.1, 0.15) is 25.3 Å². The van der Waals surface area contributed by atoms with Gasteiger partial charge in [0.2, 0.25) is 10.0 Å². The summed E-state index contributed by atoms with van der Waals surface area (Å²) in [4.78, 5) is 21.2. The van der Waals surface area contributed by atoms with Crippen LogP contribution in [0.5, 0.6) is 5.75 Å². The van der Waals surface area contributed by atoms with Gasteiger partial charge in [-0.1, -0.05) is 19.9 Å². The number of hydrogen-bond acceptors (Lipinski definition) is 9. The lowest BCUT2D eigenvalue weighted by Gasteiger charge is -2.16. The summed E-state index contributed by atoms with van der Waals surface area (Å²) in [5, 5.41) is 12.9. The molecule has 11 nitrogen and oxygen atoms in total. The Kier molecular flexibility index (Phi) is 10.8. The average molecular weight is 611 g/mol. The SMILES string of the molecule is CNS(=O)(=O)c1ccc(OCC(F)(F)F)c(Nc2cc(Nc3ccc(C(C)C)cn3)ncn2)c1.O=C(O)C(F)(F)F. The number of alkyl halides is 6. The Morgan fingerprint density at radius 2 is 1.56 bits per heavy atom. The monoisotopic (exact) mass is 610 g/mol. The standard InChI is InChI=1S/C21H23F3N6O3S.C2HF3O2/c1-13(2)14-4-7-18(26-10-14)30-20-9-19(27-12-28-20)29-16-8-15(34(31,32)25-3)5-6-17(16)33-11-21(22,23)24;3-2(4,5)1(6)7/h4-10,12-13,25H,11H2,1-3H3,(H2,26,27,28,29,30);(H,6,7). The van der Waals surface area contributed by atoms with Crippen LogP contribution in [-0.2, 0) is 14.8 Å². The van der Waals surface area contributed by atoms with Gasteiger partial charge in [-0.15, -0.1) is 0 Å². The smallest absolute Gasteiger partial charge is 0.482 e. The fourth-order valence-electron chi connectivity index (χ4n) is 2.76. The Morgan fingerprint density at radius 3 is 2.05 bits per heavy atom. The Bertz CT molecular complexity index is 1430. The summed E-state index contributed by atoms with van der Waals surface area (Å²) in [6.07, 6.45) is -6.68. The van der Waals surface area contributed by atoms with Crippen molar-refractivity contribution < 1.29 is 49.4 Å². The van der Waals surface area contributed by atoms with E-state index in [1.807, 2.05) is 6.07 Å². The summed E-state index contributed by atoms with van der Waals surface area (Å²) >= 11 is 0. The minimum Gasteiger partial charge on any atom is -0.482 e. The van der Waals surface area contributed by atoms with Gasteiger partial charge in [-0.05, 0) is 42.8 Å². The van der Waals surface area contributed by atoms with Gasteiger partial charge < -0.3 is 20.5 Å². The zero-order valence-corrected chi connectivity index (χ0v) is 22.3. The van der Waals surface area contributed by atoms with E-state index in [2.05, 4.69) is 44.2 Å². The molecule has 2 heterocycles. The molecule has 0 aliphatic carbocycles. The van der Waals surface area contributed by atoms with Crippen LogP contribution in [0.4, 0.5) is 49.5 Å². The van der Waals surface area contributed by atoms with E-state index in [1.54, 1.807) is 12.3 Å². The highest BCUT2D eigenvalue weighted by Gasteiger charge is 2.38. The Labute approximate surface area is 230 Å². The van der Waals surface area contributed by atoms with Crippen LogP contribution >= 0.6 is 0 Å². The van der Waals surface area contributed by atoms with Crippen LogP contribution in [0.3, 0.4) is 0 Å². The lowest BCUT2D eigenvalue weighted by molar-refractivity contribution is -0.192. The molecule has 0 radical (unpaired) electrons. The van der Waals surface area contributed by atoms with Crippen molar-refractivity contribution >= 4 is 39.1 Å². The van der Waals surface area contributed by atoms with Crippen LogP contribution in [0.15, 0.2) is 53.8 Å². The maximum Gasteiger partial charge on any atom is 0.490 e. The number of rotatable bonds is 9. The second-order valence-electron chi connectivity index (χ2n) is 8.24. The van der Waals surface area contributed by atoms with Crippen LogP contribution in [-0.4, -0.2) is 60.5 Å². The van der Waals surface area contributed by atoms with Gasteiger partial charge in [0.1, 0.15) is 29.5 Å². The van der Waals surface area contributed by atoms with Gasteiger partial charge in [0.25, 0.3) is 0 Å². The number of benzene rings is 1. The molecule has 3 aromatic rings. The number of pyridine rings is 1. The number of carboxylic acids is 1. The molecule has 4 N–H and O–H groups in total. The van der Waals surface area contributed by atoms with Crippen molar-refractivity contribution in [3.63, 3.8) is 0 Å². The van der Waals surface area contributed by atoms with Crippen molar-refractivity contribution in [3.8, 4) is 5.75 Å². The maximum atomic E-state index is 12.7. The summed E-state index contributed by atoms with van der Waals surface area (Å²) in [6.45, 7) is 2.56. The third-order valence-corrected chi connectivity index (χ3v) is 6.21. The molecule has 2 aromatic heterocycles. The highest BCUT2D eigenvalue weighted by Crippen LogP contribution is 2.32. The molecule has 0 atom stereocenters. The molecule has 0 saturated heterocycles. The maximum absolute atomic E-state index is 12.7. The summed E-state index contributed by atoms with van der Waals surface area (Å²) in [5.74, 6) is -1.55. The van der Waals surface area contributed by atoms with Gasteiger partial charge in [0.15, 0.2) is 6.61 Å². The van der Waals surface area contributed by atoms with Crippen molar-refractivity contribution in [2.45, 2.75) is 37.0 Å². The molecule has 18 heteroatoms. The number of sulfonamides is 1. The first-order valence-electron chi connectivity index (χ1n) is 11.3. The molecule has 0 aliphatic heterocycles. The molecule has 0 unspecified atom stereocenters. The first kappa shape index (κ1) is 33.0. The van der Waals surface area contributed by atoms with Crippen LogP contribution in [0.2, 0.25) is 0 Å². The molecular weight excluding hydrogens is 586 g/mol. The number of nitrogens with one attached hydrogen (secondary N) is 3. The number of hydrogen-bond donors (Lipinski definition) is 4. The number of ether oxygens (including phenoxy) is 1. The molecule has 41 heavy (non-hydrogen) atoms. The Hall–Kier alpha value is -4.19. The lowest BCUT2D eigenvalue weighted by atomic mass is 10.1. The zero-order valence-electron chi connectivity index (χ0n) is 21.5. The number of aliphatic carboxylic acids is 1. The first-order chi connectivity index (χ1) is 18.9. The second kappa shape index (κ2) is 13.4. The van der Waals surface area contributed by atoms with E-state index in [9.17, 15) is 34.8 Å². The van der Waals surface area contributed by atoms with Crippen LogP contribution < -0.4 is 20.1 Å². The van der Waals surface area contributed by atoms with Crippen molar-refractivity contribution in [2.24, 2.45) is 0 Å². The van der Waals surface area contributed by atoms with Gasteiger partial charge >= 0.3 is 18.3 Å². The second-order valence-corrected chi connectivity index (χ2v) is 10.1. The highest BCUT2D eigenvalue weighted by molar-refractivity contribution is 7.89. The van der Waals surface area contributed by atoms with Crippen molar-refractivity contribution in [3.05, 3.63) is 54.5 Å². The summed E-state index contributed by atoms with van der Waals surface area (Å²) in [5.41, 5.74) is 1.04. The lowest BCUT2D eigenvalue weighted by Crippen LogP contribution is -2.21. The molecule has 1 aromatic carbocycles. The predicted molar refractivity (Wildman–Crippen MR) is 135 cm³/mol. The Morgan fingerprint density at radius 1 is 0.951 bits per heavy atom. The van der Waals surface area contributed by atoms with E-state index in [4.69, 9.17) is 14.6 Å². The van der Waals surface area contributed by atoms with E-state index >= 15 is 0 Å². The number of carboxylic acid groups (broad SMARTS) is 1. The van der Waals surface area contributed by atoms with Crippen molar-refractivity contribution in [1.82, 2.24) is 19.7 Å². The highest BCUT2D eigenvalue weighted by atomic mass is 32.2. The third kappa shape index (κ3) is 10.7. The quantitative estimate of drug-likeness (QED) is 0.244. The average Bonchev–Trinajstić information content (AvgIpc) is 2.87. The summed E-state index contributed by atoms with van der Waals surface area (Å²) in [7, 11) is -2.63. The fourth-order valence-corrected chi connectivity index (χ4v) is 3.52. The van der Waals surface area contributed by atoms with E-state index < -0.39 is 35.0 Å². The zero-order chi connectivity index (χ0) is 31.0. The Balaban J connectivity index is 0.000000745. The van der Waals surface area contributed by atoms with Crippen molar-refractivity contribution in [2.75, 3.05) is 24.3 Å². The molecule has 0 fully saturated rings. The number of carbonyl (C=O) groups is 1. The van der Waals surface area contributed by atoms with E-state index in [0.29, 0.717) is 17.6 Å². The fraction of sp³-hybridized carbons (Fsp3) is 0.304. The van der Waals surface area contributed by atoms with Crippen molar-refractivity contribution in [1.29, 1.82) is 0 Å². The van der Waals surface area contributed by atoms with E-state index in [0.717, 1.165) is 23.8 Å². The van der Waals surface area contributed by atoms with Gasteiger partial charge in [0, 0.05) is 12.3 Å². The summed E-state index contributed by atoms with van der Waals surface area (Å²) < 4.78 is 101. The molecule has 3 rings (SSSR count). The number of nitrogens with zero attached hydrogens (tertiary/aromatic N) is 3. The van der Waals surface area contributed by atoms with Gasteiger partial charge in [-0.3, -0.25) is 0 Å². The molecule has 0 amide bonds. The predicted octanol–water partition coefficient (Wildman–Crippen LogP) is 4.96. The van der Waals surface area contributed by atoms with Gasteiger partial charge in [0.05, 0.1) is 10.6 Å². The number of anilines is 4. The van der Waals surface area contributed by atoms with Gasteiger partial charge in [-0.2, -0.15) is 26.3 Å². The third-order valence-electron chi connectivity index (χ3n) is 4.80. The molecule has 0 spiro atoms. The molecule has 0 aliphatic rings. The van der Waals surface area contributed by atoms with Crippen LogP contribution in [0.25, 0.3) is 0 Å². The molecule has 224 valence electrons. The molecular formula is C23H24F6N6O5S. The molecule has 0 saturated carbocycles.